The van der Waals surface area contributed by atoms with Crippen molar-refractivity contribution in [1.82, 2.24) is 15.1 Å². The van der Waals surface area contributed by atoms with Crippen LogP contribution in [0.2, 0.25) is 0 Å². The normalized spacial score (nSPS) is 16.6. The lowest BCUT2D eigenvalue weighted by Gasteiger charge is -2.24. The fourth-order valence-corrected chi connectivity index (χ4v) is 2.63. The van der Waals surface area contributed by atoms with E-state index in [1.807, 2.05) is 0 Å². The Labute approximate surface area is 134 Å². The number of carbonyl (C=O) groups is 1. The molecule has 1 unspecified atom stereocenters. The van der Waals surface area contributed by atoms with Crippen molar-refractivity contribution in [2.45, 2.75) is 12.4 Å². The van der Waals surface area contributed by atoms with Gasteiger partial charge in [-0.2, -0.15) is 18.3 Å². The lowest BCUT2D eigenvalue weighted by molar-refractivity contribution is -0.143. The van der Waals surface area contributed by atoms with Crippen LogP contribution in [0.1, 0.15) is 33.4 Å². The number of nitrogens with zero attached hydrogens (tertiary/aromatic N) is 2. The molecule has 1 aromatic carbocycles. The summed E-state index contributed by atoms with van der Waals surface area (Å²) in [4.78, 5) is 11.1. The highest BCUT2D eigenvalue weighted by molar-refractivity contribution is 5.89. The number of halogens is 3. The third kappa shape index (κ3) is 2.52. The number of rotatable bonds is 3. The van der Waals surface area contributed by atoms with Crippen molar-refractivity contribution in [3.05, 3.63) is 53.0 Å². The molecule has 2 aromatic rings. The summed E-state index contributed by atoms with van der Waals surface area (Å²) in [6.07, 6.45) is -1.56. The van der Waals surface area contributed by atoms with Gasteiger partial charge in [-0.1, -0.05) is 12.1 Å². The van der Waals surface area contributed by atoms with Crippen molar-refractivity contribution in [3.63, 3.8) is 0 Å². The van der Waals surface area contributed by atoms with Gasteiger partial charge in [-0.25, -0.2) is 9.48 Å². The molecule has 6 nitrogen and oxygen atoms in total. The number of hydrogen-bond donors (Lipinski definition) is 2. The first kappa shape index (κ1) is 16.1. The van der Waals surface area contributed by atoms with E-state index in [0.717, 1.165) is 0 Å². The Bertz CT molecular complexity index is 827. The maximum atomic E-state index is 13.4. The van der Waals surface area contributed by atoms with E-state index in [4.69, 9.17) is 9.84 Å². The predicted molar refractivity (Wildman–Crippen MR) is 77.4 cm³/mol. The summed E-state index contributed by atoms with van der Waals surface area (Å²) in [5, 5.41) is 15.6. The van der Waals surface area contributed by atoms with E-state index in [1.54, 1.807) is 24.4 Å². The van der Waals surface area contributed by atoms with Gasteiger partial charge in [-0.15, -0.1) is 0 Å². The third-order valence-corrected chi connectivity index (χ3v) is 3.63. The van der Waals surface area contributed by atoms with Crippen LogP contribution in [0.5, 0.6) is 0 Å². The minimum Gasteiger partial charge on any atom is -0.478 e. The third-order valence-electron chi connectivity index (χ3n) is 3.63. The molecule has 24 heavy (non-hydrogen) atoms. The summed E-state index contributed by atoms with van der Waals surface area (Å²) in [5.41, 5.74) is -1.02. The van der Waals surface area contributed by atoms with Gasteiger partial charge in [0.05, 0.1) is 11.9 Å². The van der Waals surface area contributed by atoms with Crippen LogP contribution in [0.15, 0.2) is 30.6 Å². The van der Waals surface area contributed by atoms with Crippen LogP contribution in [0.3, 0.4) is 0 Å². The molecule has 0 spiro atoms. The van der Waals surface area contributed by atoms with Crippen molar-refractivity contribution in [1.29, 1.82) is 0 Å². The molecule has 1 aliphatic rings. The Balaban J connectivity index is 2.26. The number of benzene rings is 1. The van der Waals surface area contributed by atoms with Gasteiger partial charge in [0.1, 0.15) is 5.56 Å². The molecule has 0 aliphatic carbocycles. The zero-order chi connectivity index (χ0) is 17.5. The molecular weight excluding hydrogens is 327 g/mol. The molecule has 0 bridgehead atoms. The van der Waals surface area contributed by atoms with E-state index in [0.29, 0.717) is 22.0 Å². The highest BCUT2D eigenvalue weighted by Gasteiger charge is 2.41. The van der Waals surface area contributed by atoms with Crippen LogP contribution in [0, 0.1) is 0 Å². The van der Waals surface area contributed by atoms with Crippen molar-refractivity contribution in [2.75, 3.05) is 7.11 Å². The van der Waals surface area contributed by atoms with Gasteiger partial charge in [0.15, 0.2) is 11.9 Å². The van der Waals surface area contributed by atoms with Crippen LogP contribution in [0.25, 0.3) is 11.8 Å². The van der Waals surface area contributed by atoms with Crippen LogP contribution >= 0.6 is 0 Å². The summed E-state index contributed by atoms with van der Waals surface area (Å²) in [7, 11) is 1.46. The first-order valence-corrected chi connectivity index (χ1v) is 6.81. The number of hydrogen-bond acceptors (Lipinski definition) is 4. The van der Waals surface area contributed by atoms with E-state index in [9.17, 15) is 18.0 Å². The Kier molecular flexibility index (Phi) is 3.80. The van der Waals surface area contributed by atoms with Crippen LogP contribution < -0.4 is 5.32 Å². The molecule has 1 aliphatic heterocycles. The maximum absolute atomic E-state index is 13.4. The minimum absolute atomic E-state index is 0.118. The average Bonchev–Trinajstić information content (AvgIpc) is 2.99. The highest BCUT2D eigenvalue weighted by Crippen LogP contribution is 2.36. The fraction of sp³-hybridized carbons (Fsp3) is 0.200. The molecule has 0 fully saturated rings. The molecule has 3 rings (SSSR count). The van der Waals surface area contributed by atoms with Crippen molar-refractivity contribution in [3.8, 4) is 5.69 Å². The van der Waals surface area contributed by atoms with Crippen LogP contribution in [-0.4, -0.2) is 28.0 Å². The van der Waals surface area contributed by atoms with Crippen molar-refractivity contribution >= 4 is 12.0 Å². The highest BCUT2D eigenvalue weighted by atomic mass is 19.4. The number of alkyl halides is 3. The van der Waals surface area contributed by atoms with Crippen molar-refractivity contribution < 1.29 is 27.8 Å². The molecule has 2 N–H and O–H groups in total. The molecule has 1 atom stereocenters. The molecule has 2 heterocycles. The Morgan fingerprint density at radius 2 is 2.17 bits per heavy atom. The Hall–Kier alpha value is -2.81. The number of carboxylic acid groups (broad SMARTS) is 1. The molecule has 126 valence electrons. The van der Waals surface area contributed by atoms with Crippen molar-refractivity contribution in [2.24, 2.45) is 0 Å². The molecule has 0 saturated carbocycles. The summed E-state index contributed by atoms with van der Waals surface area (Å²) < 4.78 is 46.0. The first-order chi connectivity index (χ1) is 11.3. The van der Waals surface area contributed by atoms with Gasteiger partial charge in [0, 0.05) is 18.2 Å². The average molecular weight is 339 g/mol. The number of methoxy groups -OCH3 is 1. The molecule has 1 aromatic heterocycles. The number of nitrogens with one attached hydrogen (secondary N) is 1. The number of carboxylic acids is 1. The Morgan fingerprint density at radius 1 is 1.42 bits per heavy atom. The second-order valence-electron chi connectivity index (χ2n) is 5.02. The largest absolute Gasteiger partial charge is 0.478 e. The summed E-state index contributed by atoms with van der Waals surface area (Å²) >= 11 is 0. The molecule has 0 radical (unpaired) electrons. The Morgan fingerprint density at radius 3 is 2.79 bits per heavy atom. The van der Waals surface area contributed by atoms with E-state index >= 15 is 0 Å². The van der Waals surface area contributed by atoms with Gasteiger partial charge in [0.2, 0.25) is 0 Å². The maximum Gasteiger partial charge on any atom is 0.434 e. The van der Waals surface area contributed by atoms with Gasteiger partial charge in [-0.3, -0.25) is 0 Å². The molecule has 0 saturated heterocycles. The minimum atomic E-state index is -4.87. The number of aromatic nitrogens is 2. The zero-order valence-electron chi connectivity index (χ0n) is 12.3. The molecular formula is C15H12F3N3O3. The molecule has 0 amide bonds. The second kappa shape index (κ2) is 5.68. The lowest BCUT2D eigenvalue weighted by atomic mass is 10.0. The number of ether oxygens (including phenoxy) is 1. The summed E-state index contributed by atoms with van der Waals surface area (Å²) in [6, 6.07) is 4.71. The van der Waals surface area contributed by atoms with E-state index in [1.165, 1.54) is 13.2 Å². The summed E-state index contributed by atoms with van der Waals surface area (Å²) in [6.45, 7) is 0. The first-order valence-electron chi connectivity index (χ1n) is 6.81. The molecule has 9 heteroatoms. The van der Waals surface area contributed by atoms with Gasteiger partial charge < -0.3 is 15.2 Å². The standard InChI is InChI=1S/C15H12F3N3O3/c1-24-13-9-3-2-4-11(8(9)5-6-19-13)21-12(15(16,17)18)10(7-20-21)14(22)23/h2-7,13,19H,1H3,(H,22,23). The van der Waals surface area contributed by atoms with Gasteiger partial charge in [0.25, 0.3) is 0 Å². The van der Waals surface area contributed by atoms with Crippen LogP contribution in [0.4, 0.5) is 13.2 Å². The second-order valence-corrected chi connectivity index (χ2v) is 5.02. The topological polar surface area (TPSA) is 76.4 Å². The number of aromatic carboxylic acids is 1. The fourth-order valence-electron chi connectivity index (χ4n) is 2.63. The van der Waals surface area contributed by atoms with Crippen LogP contribution in [-0.2, 0) is 10.9 Å². The van der Waals surface area contributed by atoms with E-state index in [2.05, 4.69) is 10.4 Å². The monoisotopic (exact) mass is 339 g/mol. The van der Waals surface area contributed by atoms with E-state index in [-0.39, 0.29) is 5.69 Å². The zero-order valence-corrected chi connectivity index (χ0v) is 12.3. The predicted octanol–water partition coefficient (Wildman–Crippen LogP) is 2.81. The van der Waals surface area contributed by atoms with Gasteiger partial charge >= 0.3 is 12.1 Å². The van der Waals surface area contributed by atoms with E-state index < -0.39 is 29.6 Å². The number of fused-ring (bicyclic) bond motifs is 1. The smallest absolute Gasteiger partial charge is 0.434 e. The quantitative estimate of drug-likeness (QED) is 0.899. The lowest BCUT2D eigenvalue weighted by Crippen LogP contribution is -2.23. The SMILES string of the molecule is COC1NC=Cc2c1cccc2-n1ncc(C(=O)O)c1C(F)(F)F. The van der Waals surface area contributed by atoms with Gasteiger partial charge in [-0.05, 0) is 18.3 Å². The summed E-state index contributed by atoms with van der Waals surface area (Å²) in [5.74, 6) is -1.69.